The lowest BCUT2D eigenvalue weighted by Crippen LogP contribution is -2.39. The minimum absolute atomic E-state index is 0.0319. The summed E-state index contributed by atoms with van der Waals surface area (Å²) in [6, 6.07) is 4.39. The summed E-state index contributed by atoms with van der Waals surface area (Å²) in [7, 11) is -3.47. The van der Waals surface area contributed by atoms with Crippen molar-refractivity contribution in [2.75, 3.05) is 24.1 Å². The highest BCUT2D eigenvalue weighted by atomic mass is 35.5. The topological polar surface area (TPSA) is 84.5 Å². The number of benzene rings is 1. The molecule has 0 aromatic heterocycles. The number of ether oxygens (including phenoxy) is 1. The number of carbonyl (C=O) groups is 1. The Hall–Kier alpha value is -1.31. The first kappa shape index (κ1) is 15.1. The molecule has 20 heavy (non-hydrogen) atoms. The van der Waals surface area contributed by atoms with Crippen LogP contribution in [0.3, 0.4) is 0 Å². The second kappa shape index (κ2) is 5.99. The van der Waals surface area contributed by atoms with E-state index in [0.717, 1.165) is 12.7 Å². The first-order chi connectivity index (χ1) is 9.35. The van der Waals surface area contributed by atoms with Gasteiger partial charge in [-0.15, -0.1) is 0 Å². The zero-order chi connectivity index (χ0) is 14.8. The van der Waals surface area contributed by atoms with Crippen LogP contribution in [0.2, 0.25) is 5.02 Å². The molecule has 1 fully saturated rings. The summed E-state index contributed by atoms with van der Waals surface area (Å²) < 4.78 is 30.1. The lowest BCUT2D eigenvalue weighted by molar-refractivity contribution is -0.0472. The monoisotopic (exact) mass is 318 g/mol. The van der Waals surface area contributed by atoms with E-state index in [2.05, 4.69) is 10.0 Å². The van der Waals surface area contributed by atoms with E-state index < -0.39 is 15.9 Å². The molecule has 1 aliphatic rings. The van der Waals surface area contributed by atoms with Crippen molar-refractivity contribution < 1.29 is 17.9 Å². The van der Waals surface area contributed by atoms with Crippen molar-refractivity contribution in [3.05, 3.63) is 28.8 Å². The molecule has 0 radical (unpaired) electrons. The molecule has 0 saturated carbocycles. The van der Waals surface area contributed by atoms with Crippen LogP contribution < -0.4 is 10.0 Å². The zero-order valence-electron chi connectivity index (χ0n) is 10.8. The van der Waals surface area contributed by atoms with Crippen molar-refractivity contribution in [1.29, 1.82) is 0 Å². The van der Waals surface area contributed by atoms with Crippen molar-refractivity contribution in [3.63, 3.8) is 0 Å². The Labute approximate surface area is 122 Å². The second-order valence-electron chi connectivity index (χ2n) is 4.56. The van der Waals surface area contributed by atoms with Gasteiger partial charge in [-0.25, -0.2) is 8.42 Å². The number of hydrogen-bond donors (Lipinski definition) is 2. The van der Waals surface area contributed by atoms with E-state index in [0.29, 0.717) is 18.2 Å². The van der Waals surface area contributed by atoms with Gasteiger partial charge in [0.2, 0.25) is 10.0 Å². The minimum Gasteiger partial charge on any atom is -0.376 e. The molecule has 0 bridgehead atoms. The molecular formula is C12H15ClN2O4S. The van der Waals surface area contributed by atoms with Crippen LogP contribution in [-0.4, -0.2) is 39.8 Å². The highest BCUT2D eigenvalue weighted by molar-refractivity contribution is 7.92. The Morgan fingerprint density at radius 1 is 1.50 bits per heavy atom. The predicted molar refractivity (Wildman–Crippen MR) is 76.6 cm³/mol. The maximum Gasteiger partial charge on any atom is 0.253 e. The van der Waals surface area contributed by atoms with Crippen LogP contribution >= 0.6 is 11.6 Å². The lowest BCUT2D eigenvalue weighted by atomic mass is 10.1. The third-order valence-electron chi connectivity index (χ3n) is 2.81. The average Bonchev–Trinajstić information content (AvgIpc) is 2.27. The van der Waals surface area contributed by atoms with Crippen LogP contribution in [0.5, 0.6) is 0 Å². The van der Waals surface area contributed by atoms with E-state index >= 15 is 0 Å². The molecule has 2 N–H and O–H groups in total. The van der Waals surface area contributed by atoms with Crippen LogP contribution in [0.1, 0.15) is 16.8 Å². The fraction of sp³-hybridized carbons (Fsp3) is 0.417. The largest absolute Gasteiger partial charge is 0.376 e. The Morgan fingerprint density at radius 3 is 2.75 bits per heavy atom. The molecule has 6 nitrogen and oxygen atoms in total. The van der Waals surface area contributed by atoms with Gasteiger partial charge in [-0.1, -0.05) is 11.6 Å². The van der Waals surface area contributed by atoms with Crippen LogP contribution in [0.15, 0.2) is 18.2 Å². The molecule has 1 atom stereocenters. The Bertz CT molecular complexity index is 614. The molecule has 0 spiro atoms. The average molecular weight is 319 g/mol. The summed E-state index contributed by atoms with van der Waals surface area (Å²) in [5.74, 6) is -0.394. The molecule has 1 saturated heterocycles. The lowest BCUT2D eigenvalue weighted by Gasteiger charge is -2.26. The van der Waals surface area contributed by atoms with Crippen molar-refractivity contribution in [3.8, 4) is 0 Å². The van der Waals surface area contributed by atoms with Crippen LogP contribution in [-0.2, 0) is 14.8 Å². The van der Waals surface area contributed by atoms with Gasteiger partial charge in [0.15, 0.2) is 0 Å². The number of nitrogens with one attached hydrogen (secondary N) is 2. The Morgan fingerprint density at radius 2 is 2.20 bits per heavy atom. The standard InChI is InChI=1S/C12H15ClN2O4S/c1-20(17,18)15-11-3-2-8(13)6-10(11)12(16)14-7-9-4-5-19-9/h2-3,6,9,15H,4-5,7H2,1H3,(H,14,16). The molecule has 110 valence electrons. The smallest absolute Gasteiger partial charge is 0.253 e. The highest BCUT2D eigenvalue weighted by Crippen LogP contribution is 2.21. The summed E-state index contributed by atoms with van der Waals surface area (Å²) >= 11 is 5.85. The van der Waals surface area contributed by atoms with Gasteiger partial charge in [0.1, 0.15) is 0 Å². The van der Waals surface area contributed by atoms with Crippen LogP contribution in [0.25, 0.3) is 0 Å². The van der Waals surface area contributed by atoms with Crippen molar-refractivity contribution in [2.24, 2.45) is 0 Å². The van der Waals surface area contributed by atoms with Crippen molar-refractivity contribution in [2.45, 2.75) is 12.5 Å². The van der Waals surface area contributed by atoms with Crippen molar-refractivity contribution in [1.82, 2.24) is 5.32 Å². The summed E-state index contributed by atoms with van der Waals surface area (Å²) in [5.41, 5.74) is 0.381. The molecule has 8 heteroatoms. The summed E-state index contributed by atoms with van der Waals surface area (Å²) in [4.78, 5) is 12.1. The zero-order valence-corrected chi connectivity index (χ0v) is 12.4. The van der Waals surface area contributed by atoms with E-state index in [-0.39, 0.29) is 17.4 Å². The first-order valence-corrected chi connectivity index (χ1v) is 8.29. The van der Waals surface area contributed by atoms with Gasteiger partial charge in [-0.2, -0.15) is 0 Å². The number of rotatable bonds is 5. The number of amides is 1. The quantitative estimate of drug-likeness (QED) is 0.855. The normalized spacial score (nSPS) is 18.2. The molecule has 2 rings (SSSR count). The van der Waals surface area contributed by atoms with Crippen molar-refractivity contribution >= 4 is 33.2 Å². The van der Waals surface area contributed by atoms with Gasteiger partial charge in [0, 0.05) is 18.2 Å². The van der Waals surface area contributed by atoms with Gasteiger partial charge in [-0.05, 0) is 24.6 Å². The van der Waals surface area contributed by atoms with Gasteiger partial charge in [0.25, 0.3) is 5.91 Å². The van der Waals surface area contributed by atoms with Gasteiger partial charge in [0.05, 0.1) is 23.6 Å². The summed E-state index contributed by atoms with van der Waals surface area (Å²) in [6.07, 6.45) is 1.96. The molecule has 1 heterocycles. The molecule has 1 aromatic carbocycles. The Kier molecular flexibility index (Phi) is 4.52. The van der Waals surface area contributed by atoms with Gasteiger partial charge in [-0.3, -0.25) is 9.52 Å². The highest BCUT2D eigenvalue weighted by Gasteiger charge is 2.20. The van der Waals surface area contributed by atoms with Crippen LogP contribution in [0.4, 0.5) is 5.69 Å². The first-order valence-electron chi connectivity index (χ1n) is 6.02. The maximum atomic E-state index is 12.1. The van der Waals surface area contributed by atoms with E-state index in [1.165, 1.54) is 18.2 Å². The number of anilines is 1. The number of hydrogen-bond acceptors (Lipinski definition) is 4. The Balaban J connectivity index is 2.14. The molecule has 1 amide bonds. The number of sulfonamides is 1. The van der Waals surface area contributed by atoms with E-state index in [1.807, 2.05) is 0 Å². The molecule has 1 aromatic rings. The van der Waals surface area contributed by atoms with E-state index in [1.54, 1.807) is 0 Å². The number of carbonyl (C=O) groups excluding carboxylic acids is 1. The minimum atomic E-state index is -3.47. The van der Waals surface area contributed by atoms with Gasteiger partial charge >= 0.3 is 0 Å². The van der Waals surface area contributed by atoms with E-state index in [4.69, 9.17) is 16.3 Å². The fourth-order valence-electron chi connectivity index (χ4n) is 1.74. The van der Waals surface area contributed by atoms with Gasteiger partial charge < -0.3 is 10.1 Å². The molecule has 0 aliphatic carbocycles. The molecular weight excluding hydrogens is 304 g/mol. The fourth-order valence-corrected chi connectivity index (χ4v) is 2.49. The SMILES string of the molecule is CS(=O)(=O)Nc1ccc(Cl)cc1C(=O)NCC1CCO1. The predicted octanol–water partition coefficient (Wildman–Crippen LogP) is 1.23. The van der Waals surface area contributed by atoms with Crippen LogP contribution in [0, 0.1) is 0 Å². The molecule has 1 aliphatic heterocycles. The van der Waals surface area contributed by atoms with E-state index in [9.17, 15) is 13.2 Å². The third-order valence-corrected chi connectivity index (χ3v) is 3.63. The second-order valence-corrected chi connectivity index (χ2v) is 6.74. The third kappa shape index (κ3) is 4.09. The summed E-state index contributed by atoms with van der Waals surface area (Å²) in [6.45, 7) is 1.10. The summed E-state index contributed by atoms with van der Waals surface area (Å²) in [5, 5.41) is 3.05. The molecule has 1 unspecified atom stereocenters. The maximum absolute atomic E-state index is 12.1. The number of halogens is 1.